The maximum Gasteiger partial charge on any atom is 0.221 e. The lowest BCUT2D eigenvalue weighted by molar-refractivity contribution is 0.306. The molecule has 0 spiro atoms. The highest BCUT2D eigenvalue weighted by Gasteiger charge is 2.03. The van der Waals surface area contributed by atoms with E-state index in [0.717, 1.165) is 22.6 Å². The molecule has 0 aliphatic carbocycles. The molecule has 3 aromatic rings. The van der Waals surface area contributed by atoms with E-state index in [1.54, 1.807) is 12.4 Å². The average Bonchev–Trinajstić information content (AvgIpc) is 2.91. The molecule has 0 saturated carbocycles. The second-order valence-corrected chi connectivity index (χ2v) is 5.72. The van der Waals surface area contributed by atoms with Gasteiger partial charge in [-0.1, -0.05) is 35.9 Å². The fourth-order valence-electron chi connectivity index (χ4n) is 2.18. The number of aryl methyl sites for hydroxylation is 1. The summed E-state index contributed by atoms with van der Waals surface area (Å²) >= 11 is 5.89. The predicted molar refractivity (Wildman–Crippen MR) is 96.6 cm³/mol. The van der Waals surface area contributed by atoms with Gasteiger partial charge in [-0.15, -0.1) is 0 Å². The number of benzene rings is 2. The van der Waals surface area contributed by atoms with Gasteiger partial charge in [0.25, 0.3) is 0 Å². The van der Waals surface area contributed by atoms with E-state index in [2.05, 4.69) is 10.1 Å². The van der Waals surface area contributed by atoms with E-state index >= 15 is 0 Å². The first-order chi connectivity index (χ1) is 11.6. The van der Waals surface area contributed by atoms with Gasteiger partial charge in [0.1, 0.15) is 12.4 Å². The number of ether oxygens (including phenoxy) is 1. The molecule has 0 aliphatic rings. The number of nitrogens with zero attached hydrogens (tertiary/aromatic N) is 3. The third kappa shape index (κ3) is 3.94. The van der Waals surface area contributed by atoms with E-state index in [1.165, 1.54) is 4.68 Å². The van der Waals surface area contributed by atoms with Gasteiger partial charge >= 0.3 is 0 Å². The number of anilines is 1. The van der Waals surface area contributed by atoms with Crippen LogP contribution in [-0.2, 0) is 6.61 Å². The molecule has 0 amide bonds. The lowest BCUT2D eigenvalue weighted by atomic mass is 10.2. The molecule has 2 aromatic carbocycles. The summed E-state index contributed by atoms with van der Waals surface area (Å²) in [6, 6.07) is 15.3. The minimum Gasteiger partial charge on any atom is -0.488 e. The summed E-state index contributed by atoms with van der Waals surface area (Å²) in [7, 11) is 0. The molecule has 3 rings (SSSR count). The predicted octanol–water partition coefficient (Wildman–Crippen LogP) is 3.89. The topological polar surface area (TPSA) is 65.4 Å². The van der Waals surface area contributed by atoms with Crippen molar-refractivity contribution >= 4 is 23.8 Å². The number of rotatable bonds is 5. The molecule has 2 N–H and O–H groups in total. The lowest BCUT2D eigenvalue weighted by Gasteiger charge is -2.09. The van der Waals surface area contributed by atoms with Crippen LogP contribution in [0.2, 0.25) is 5.02 Å². The van der Waals surface area contributed by atoms with Crippen LogP contribution in [0.15, 0.2) is 59.8 Å². The zero-order valence-corrected chi connectivity index (χ0v) is 13.9. The van der Waals surface area contributed by atoms with Gasteiger partial charge in [0.15, 0.2) is 0 Å². The van der Waals surface area contributed by atoms with Crippen molar-refractivity contribution in [3.8, 4) is 5.75 Å². The molecule has 24 heavy (non-hydrogen) atoms. The summed E-state index contributed by atoms with van der Waals surface area (Å²) in [6.45, 7) is 2.32. The quantitative estimate of drug-likeness (QED) is 0.716. The minimum absolute atomic E-state index is 0.350. The molecular weight excluding hydrogens is 324 g/mol. The number of nitrogens with two attached hydrogens (primary N) is 1. The van der Waals surface area contributed by atoms with E-state index in [0.29, 0.717) is 17.6 Å². The summed E-state index contributed by atoms with van der Waals surface area (Å²) in [5.41, 5.74) is 8.50. The number of halogens is 1. The summed E-state index contributed by atoms with van der Waals surface area (Å²) in [4.78, 5) is 4.11. The Morgan fingerprint density at radius 3 is 2.67 bits per heavy atom. The summed E-state index contributed by atoms with van der Waals surface area (Å²) in [5, 5.41) is 5.04. The fourth-order valence-corrected chi connectivity index (χ4v) is 2.31. The van der Waals surface area contributed by atoms with Crippen LogP contribution in [0.5, 0.6) is 5.75 Å². The van der Waals surface area contributed by atoms with E-state index in [-0.39, 0.29) is 0 Å². The fraction of sp³-hybridized carbons (Fsp3) is 0.111. The van der Waals surface area contributed by atoms with Crippen LogP contribution in [0, 0.1) is 6.92 Å². The Kier molecular flexibility index (Phi) is 4.82. The zero-order chi connectivity index (χ0) is 16.9. The number of imidazole rings is 1. The van der Waals surface area contributed by atoms with Crippen LogP contribution in [0.3, 0.4) is 0 Å². The first-order valence-corrected chi connectivity index (χ1v) is 7.82. The van der Waals surface area contributed by atoms with E-state index in [4.69, 9.17) is 22.1 Å². The lowest BCUT2D eigenvalue weighted by Crippen LogP contribution is -2.00. The zero-order valence-electron chi connectivity index (χ0n) is 13.2. The Balaban J connectivity index is 1.75. The normalized spacial score (nSPS) is 11.1. The van der Waals surface area contributed by atoms with Gasteiger partial charge in [-0.05, 0) is 36.8 Å². The molecule has 122 valence electrons. The Morgan fingerprint density at radius 2 is 1.96 bits per heavy atom. The number of hydrogen-bond donors (Lipinski definition) is 1. The maximum absolute atomic E-state index is 5.90. The van der Waals surface area contributed by atoms with Crippen molar-refractivity contribution < 1.29 is 4.74 Å². The standard InChI is InChI=1S/C18H17ClN4O/c1-13-11-23(18(20)22-13)21-10-15-4-2-3-5-17(15)24-12-14-6-8-16(19)9-7-14/h2-11H,12H2,1H3,(H2,20,22). The first kappa shape index (κ1) is 16.1. The van der Waals surface area contributed by atoms with E-state index in [1.807, 2.05) is 55.5 Å². The second kappa shape index (κ2) is 7.19. The second-order valence-electron chi connectivity index (χ2n) is 5.28. The highest BCUT2D eigenvalue weighted by Crippen LogP contribution is 2.19. The van der Waals surface area contributed by atoms with Crippen molar-refractivity contribution in [3.63, 3.8) is 0 Å². The largest absolute Gasteiger partial charge is 0.488 e. The number of hydrogen-bond acceptors (Lipinski definition) is 4. The molecule has 0 radical (unpaired) electrons. The van der Waals surface area contributed by atoms with Crippen molar-refractivity contribution in [3.05, 3.63) is 76.6 Å². The molecule has 0 saturated heterocycles. The molecule has 5 nitrogen and oxygen atoms in total. The van der Waals surface area contributed by atoms with Gasteiger partial charge in [0, 0.05) is 10.6 Å². The SMILES string of the molecule is Cc1cn(N=Cc2ccccc2OCc2ccc(Cl)cc2)c(N)n1. The van der Waals surface area contributed by atoms with Crippen molar-refractivity contribution in [2.24, 2.45) is 5.10 Å². The van der Waals surface area contributed by atoms with Crippen LogP contribution < -0.4 is 10.5 Å². The molecule has 0 fully saturated rings. The van der Waals surface area contributed by atoms with Gasteiger partial charge in [-0.3, -0.25) is 0 Å². The molecule has 6 heteroatoms. The van der Waals surface area contributed by atoms with Gasteiger partial charge in [-0.2, -0.15) is 5.10 Å². The maximum atomic E-state index is 5.90. The number of para-hydroxylation sites is 1. The van der Waals surface area contributed by atoms with Gasteiger partial charge in [0.05, 0.1) is 18.1 Å². The van der Waals surface area contributed by atoms with Crippen LogP contribution in [-0.4, -0.2) is 15.9 Å². The smallest absolute Gasteiger partial charge is 0.221 e. The van der Waals surface area contributed by atoms with Crippen molar-refractivity contribution in [1.29, 1.82) is 0 Å². The number of nitrogen functional groups attached to an aromatic ring is 1. The minimum atomic E-state index is 0.350. The highest BCUT2D eigenvalue weighted by atomic mass is 35.5. The molecule has 0 aliphatic heterocycles. The highest BCUT2D eigenvalue weighted by molar-refractivity contribution is 6.30. The van der Waals surface area contributed by atoms with Crippen LogP contribution in [0.4, 0.5) is 5.95 Å². The van der Waals surface area contributed by atoms with Crippen LogP contribution >= 0.6 is 11.6 Å². The van der Waals surface area contributed by atoms with E-state index in [9.17, 15) is 0 Å². The van der Waals surface area contributed by atoms with Crippen molar-refractivity contribution in [1.82, 2.24) is 9.66 Å². The van der Waals surface area contributed by atoms with Crippen LogP contribution in [0.25, 0.3) is 0 Å². The van der Waals surface area contributed by atoms with Gasteiger partial charge < -0.3 is 10.5 Å². The number of aromatic nitrogens is 2. The molecule has 0 bridgehead atoms. The average molecular weight is 341 g/mol. The summed E-state index contributed by atoms with van der Waals surface area (Å²) < 4.78 is 7.43. The van der Waals surface area contributed by atoms with Gasteiger partial charge in [-0.25, -0.2) is 9.66 Å². The van der Waals surface area contributed by atoms with Crippen molar-refractivity contribution in [2.45, 2.75) is 13.5 Å². The molecule has 1 heterocycles. The Morgan fingerprint density at radius 1 is 1.21 bits per heavy atom. The molecule has 0 atom stereocenters. The molecule has 0 unspecified atom stereocenters. The third-order valence-electron chi connectivity index (χ3n) is 3.38. The third-order valence-corrected chi connectivity index (χ3v) is 3.63. The molecular formula is C18H17ClN4O. The summed E-state index contributed by atoms with van der Waals surface area (Å²) in [5.74, 6) is 1.09. The Labute approximate surface area is 145 Å². The van der Waals surface area contributed by atoms with Crippen LogP contribution in [0.1, 0.15) is 16.8 Å². The monoisotopic (exact) mass is 340 g/mol. The summed E-state index contributed by atoms with van der Waals surface area (Å²) in [6.07, 6.45) is 3.47. The Hall–Kier alpha value is -2.79. The van der Waals surface area contributed by atoms with Crippen molar-refractivity contribution in [2.75, 3.05) is 5.73 Å². The molecule has 1 aromatic heterocycles. The first-order valence-electron chi connectivity index (χ1n) is 7.44. The Bertz CT molecular complexity index is 856. The van der Waals surface area contributed by atoms with Gasteiger partial charge in [0.2, 0.25) is 5.95 Å². The van der Waals surface area contributed by atoms with E-state index < -0.39 is 0 Å².